The third-order valence-corrected chi connectivity index (χ3v) is 2.99. The minimum atomic E-state index is -0.159. The molecule has 0 unspecified atom stereocenters. The average molecular weight is 261 g/mol. The molecule has 3 rings (SSSR count). The molecule has 1 aliphatic rings. The van der Waals surface area contributed by atoms with Crippen molar-refractivity contribution in [1.82, 2.24) is 15.5 Å². The maximum Gasteiger partial charge on any atom is 0.257 e. The summed E-state index contributed by atoms with van der Waals surface area (Å²) in [6.07, 6.45) is -0.159. The van der Waals surface area contributed by atoms with Crippen LogP contribution in [0.15, 0.2) is 28.8 Å². The van der Waals surface area contributed by atoms with Gasteiger partial charge in [0.2, 0.25) is 5.82 Å². The predicted molar refractivity (Wildman–Crippen MR) is 67.8 cm³/mol. The Labute approximate surface area is 110 Å². The first kappa shape index (κ1) is 12.1. The molecule has 6 heteroatoms. The predicted octanol–water partition coefficient (Wildman–Crippen LogP) is 1.41. The molecule has 0 bridgehead atoms. The highest BCUT2D eigenvalue weighted by molar-refractivity contribution is 5.55. The van der Waals surface area contributed by atoms with Gasteiger partial charge in [0.25, 0.3) is 5.89 Å². The first-order chi connectivity index (χ1) is 9.36. The molecule has 100 valence electrons. The summed E-state index contributed by atoms with van der Waals surface area (Å²) in [5.74, 6) is 1.87. The van der Waals surface area contributed by atoms with Crippen molar-refractivity contribution in [3.8, 4) is 17.1 Å². The molecule has 0 amide bonds. The summed E-state index contributed by atoms with van der Waals surface area (Å²) in [6, 6.07) is 7.52. The molecular weight excluding hydrogens is 246 g/mol. The molecule has 0 saturated carbocycles. The van der Waals surface area contributed by atoms with E-state index < -0.39 is 0 Å². The molecule has 6 nitrogen and oxygen atoms in total. The van der Waals surface area contributed by atoms with Gasteiger partial charge in [0.1, 0.15) is 11.9 Å². The fourth-order valence-electron chi connectivity index (χ4n) is 1.95. The Morgan fingerprint density at radius 1 is 1.32 bits per heavy atom. The summed E-state index contributed by atoms with van der Waals surface area (Å²) in [5.41, 5.74) is 0.888. The lowest BCUT2D eigenvalue weighted by molar-refractivity contribution is 0.00755. The Bertz CT molecular complexity index is 532. The van der Waals surface area contributed by atoms with Crippen molar-refractivity contribution in [2.45, 2.75) is 6.10 Å². The van der Waals surface area contributed by atoms with Gasteiger partial charge in [0, 0.05) is 18.7 Å². The smallest absolute Gasteiger partial charge is 0.257 e. The van der Waals surface area contributed by atoms with Crippen molar-refractivity contribution in [2.24, 2.45) is 0 Å². The maximum atomic E-state index is 5.57. The van der Waals surface area contributed by atoms with Gasteiger partial charge in [-0.05, 0) is 24.3 Å². The Morgan fingerprint density at radius 2 is 2.16 bits per heavy atom. The zero-order valence-electron chi connectivity index (χ0n) is 10.6. The van der Waals surface area contributed by atoms with E-state index in [9.17, 15) is 0 Å². The number of hydrogen-bond acceptors (Lipinski definition) is 6. The first-order valence-electron chi connectivity index (χ1n) is 6.17. The summed E-state index contributed by atoms with van der Waals surface area (Å²) in [6.45, 7) is 2.21. The van der Waals surface area contributed by atoms with Crippen molar-refractivity contribution in [3.63, 3.8) is 0 Å². The van der Waals surface area contributed by atoms with Gasteiger partial charge in [-0.2, -0.15) is 4.98 Å². The van der Waals surface area contributed by atoms with Gasteiger partial charge in [-0.15, -0.1) is 0 Å². The highest BCUT2D eigenvalue weighted by Crippen LogP contribution is 2.23. The Balaban J connectivity index is 1.79. The Kier molecular flexibility index (Phi) is 3.43. The average Bonchev–Trinajstić information content (AvgIpc) is 2.98. The summed E-state index contributed by atoms with van der Waals surface area (Å²) in [5, 5.41) is 7.21. The van der Waals surface area contributed by atoms with Crippen LogP contribution in [0.3, 0.4) is 0 Å². The molecule has 1 aliphatic heterocycles. The van der Waals surface area contributed by atoms with Crippen molar-refractivity contribution >= 4 is 0 Å². The van der Waals surface area contributed by atoms with Crippen molar-refractivity contribution in [3.05, 3.63) is 30.2 Å². The molecule has 0 radical (unpaired) electrons. The van der Waals surface area contributed by atoms with Gasteiger partial charge in [-0.3, -0.25) is 0 Å². The first-order valence-corrected chi connectivity index (χ1v) is 6.17. The second-order valence-electron chi connectivity index (χ2n) is 4.25. The second kappa shape index (κ2) is 5.38. The van der Waals surface area contributed by atoms with Gasteiger partial charge >= 0.3 is 0 Å². The van der Waals surface area contributed by atoms with Gasteiger partial charge in [0.15, 0.2) is 0 Å². The molecule has 2 aromatic rings. The number of nitrogens with one attached hydrogen (secondary N) is 1. The van der Waals surface area contributed by atoms with Crippen LogP contribution >= 0.6 is 0 Å². The molecule has 0 aliphatic carbocycles. The molecule has 1 saturated heterocycles. The van der Waals surface area contributed by atoms with Gasteiger partial charge < -0.3 is 19.3 Å². The van der Waals surface area contributed by atoms with Crippen LogP contribution in [-0.2, 0) is 4.74 Å². The lowest BCUT2D eigenvalue weighted by atomic mass is 10.2. The van der Waals surface area contributed by atoms with E-state index >= 15 is 0 Å². The Morgan fingerprint density at radius 3 is 2.84 bits per heavy atom. The van der Waals surface area contributed by atoms with E-state index in [2.05, 4.69) is 15.5 Å². The van der Waals surface area contributed by atoms with Gasteiger partial charge in [-0.25, -0.2) is 0 Å². The van der Waals surface area contributed by atoms with Gasteiger partial charge in [-0.1, -0.05) is 5.16 Å². The van der Waals surface area contributed by atoms with Crippen molar-refractivity contribution < 1.29 is 14.0 Å². The molecule has 19 heavy (non-hydrogen) atoms. The fourth-order valence-corrected chi connectivity index (χ4v) is 1.95. The molecule has 1 aromatic heterocycles. The largest absolute Gasteiger partial charge is 0.497 e. The molecule has 1 atom stereocenters. The van der Waals surface area contributed by atoms with Crippen LogP contribution in [0.25, 0.3) is 11.4 Å². The number of ether oxygens (including phenoxy) is 2. The van der Waals surface area contributed by atoms with Crippen LogP contribution in [0.1, 0.15) is 12.0 Å². The lowest BCUT2D eigenvalue weighted by Gasteiger charge is -2.19. The number of hydrogen-bond donors (Lipinski definition) is 1. The molecule has 1 fully saturated rings. The number of morpholine rings is 1. The number of benzene rings is 1. The fraction of sp³-hybridized carbons (Fsp3) is 0.385. The highest BCUT2D eigenvalue weighted by atomic mass is 16.5. The Hall–Kier alpha value is -1.92. The quantitative estimate of drug-likeness (QED) is 0.900. The highest BCUT2D eigenvalue weighted by Gasteiger charge is 2.22. The molecule has 1 aromatic carbocycles. The van der Waals surface area contributed by atoms with Crippen LogP contribution in [0.4, 0.5) is 0 Å². The molecule has 1 N–H and O–H groups in total. The maximum absolute atomic E-state index is 5.57. The summed E-state index contributed by atoms with van der Waals surface area (Å²) < 4.78 is 15.9. The van der Waals surface area contributed by atoms with E-state index in [1.165, 1.54) is 0 Å². The molecule has 2 heterocycles. The van der Waals surface area contributed by atoms with Crippen LogP contribution in [0.2, 0.25) is 0 Å². The standard InChI is InChI=1S/C13H15N3O3/c1-17-10-4-2-9(3-5-10)12-15-13(19-16-12)11-8-14-6-7-18-11/h2-5,11,14H,6-8H2,1H3/t11-/m1/s1. The van der Waals surface area contributed by atoms with Crippen molar-refractivity contribution in [1.29, 1.82) is 0 Å². The third kappa shape index (κ3) is 2.59. The van der Waals surface area contributed by atoms with E-state index in [1.807, 2.05) is 24.3 Å². The lowest BCUT2D eigenvalue weighted by Crippen LogP contribution is -2.33. The second-order valence-corrected chi connectivity index (χ2v) is 4.25. The summed E-state index contributed by atoms with van der Waals surface area (Å²) in [7, 11) is 1.63. The zero-order chi connectivity index (χ0) is 13.1. The minimum Gasteiger partial charge on any atom is -0.497 e. The summed E-state index contributed by atoms with van der Waals surface area (Å²) in [4.78, 5) is 4.38. The SMILES string of the molecule is COc1ccc(-c2noc([C@H]3CNCCO3)n2)cc1. The third-order valence-electron chi connectivity index (χ3n) is 2.99. The van der Waals surface area contributed by atoms with E-state index in [4.69, 9.17) is 14.0 Å². The molecular formula is C13H15N3O3. The monoisotopic (exact) mass is 261 g/mol. The van der Waals surface area contributed by atoms with Gasteiger partial charge in [0.05, 0.1) is 13.7 Å². The van der Waals surface area contributed by atoms with Crippen molar-refractivity contribution in [2.75, 3.05) is 26.8 Å². The molecule has 0 spiro atoms. The zero-order valence-corrected chi connectivity index (χ0v) is 10.6. The van der Waals surface area contributed by atoms with Crippen LogP contribution in [-0.4, -0.2) is 36.9 Å². The summed E-state index contributed by atoms with van der Waals surface area (Å²) >= 11 is 0. The number of nitrogens with zero attached hydrogens (tertiary/aromatic N) is 2. The van der Waals surface area contributed by atoms with E-state index in [0.29, 0.717) is 24.9 Å². The van der Waals surface area contributed by atoms with E-state index in [-0.39, 0.29) is 6.10 Å². The van der Waals surface area contributed by atoms with Crippen LogP contribution in [0, 0.1) is 0 Å². The number of methoxy groups -OCH3 is 1. The normalized spacial score (nSPS) is 19.3. The van der Waals surface area contributed by atoms with E-state index in [1.54, 1.807) is 7.11 Å². The van der Waals surface area contributed by atoms with Crippen LogP contribution < -0.4 is 10.1 Å². The van der Waals surface area contributed by atoms with Crippen LogP contribution in [0.5, 0.6) is 5.75 Å². The number of aromatic nitrogens is 2. The number of rotatable bonds is 3. The minimum absolute atomic E-state index is 0.159. The van der Waals surface area contributed by atoms with E-state index in [0.717, 1.165) is 17.9 Å². The topological polar surface area (TPSA) is 69.4 Å².